The van der Waals surface area contributed by atoms with Crippen LogP contribution in [-0.2, 0) is 16.0 Å². The molecule has 1 aromatic rings. The maximum absolute atomic E-state index is 11.7. The molecule has 1 aromatic carbocycles. The van der Waals surface area contributed by atoms with Crippen LogP contribution in [-0.4, -0.2) is 25.7 Å². The molecule has 1 amide bonds. The zero-order chi connectivity index (χ0) is 14.3. The van der Waals surface area contributed by atoms with Gasteiger partial charge in [-0.2, -0.15) is 0 Å². The second-order valence-corrected chi connectivity index (χ2v) is 6.46. The number of halogens is 1. The molecule has 0 radical (unpaired) electrons. The number of amides is 1. The van der Waals surface area contributed by atoms with Gasteiger partial charge in [-0.1, -0.05) is 12.1 Å². The molecule has 1 fully saturated rings. The van der Waals surface area contributed by atoms with Crippen LogP contribution >= 0.6 is 11.6 Å². The van der Waals surface area contributed by atoms with Crippen molar-refractivity contribution in [2.75, 3.05) is 19.1 Å². The first-order valence-corrected chi connectivity index (χ1v) is 7.57. The van der Waals surface area contributed by atoms with Gasteiger partial charge in [-0.05, 0) is 42.9 Å². The third-order valence-electron chi connectivity index (χ3n) is 4.79. The number of benzene rings is 1. The molecule has 2 aliphatic rings. The lowest BCUT2D eigenvalue weighted by molar-refractivity contribution is -0.117. The van der Waals surface area contributed by atoms with Crippen molar-refractivity contribution in [1.82, 2.24) is 0 Å². The summed E-state index contributed by atoms with van der Waals surface area (Å²) < 4.78 is 5.65. The molecular formula is C16H20ClNO2. The molecule has 1 heterocycles. The van der Waals surface area contributed by atoms with Gasteiger partial charge < -0.3 is 9.64 Å². The minimum atomic E-state index is -0.0541. The third kappa shape index (κ3) is 2.23. The Kier molecular flexibility index (Phi) is 3.51. The van der Waals surface area contributed by atoms with E-state index in [1.807, 2.05) is 19.2 Å². The van der Waals surface area contributed by atoms with E-state index in [2.05, 4.69) is 6.07 Å². The van der Waals surface area contributed by atoms with Crippen LogP contribution in [0.1, 0.15) is 42.2 Å². The average Bonchev–Trinajstić information content (AvgIpc) is 2.69. The van der Waals surface area contributed by atoms with E-state index in [9.17, 15) is 4.79 Å². The summed E-state index contributed by atoms with van der Waals surface area (Å²) in [6.07, 6.45) is 4.74. The van der Waals surface area contributed by atoms with Gasteiger partial charge in [0, 0.05) is 19.8 Å². The van der Waals surface area contributed by atoms with Crippen molar-refractivity contribution in [3.05, 3.63) is 29.3 Å². The lowest BCUT2D eigenvalue weighted by Crippen LogP contribution is -2.39. The molecule has 1 aliphatic carbocycles. The quantitative estimate of drug-likeness (QED) is 0.796. The van der Waals surface area contributed by atoms with Gasteiger partial charge >= 0.3 is 0 Å². The van der Waals surface area contributed by atoms with Crippen LogP contribution in [0.4, 0.5) is 5.69 Å². The fourth-order valence-corrected chi connectivity index (χ4v) is 3.61. The summed E-state index contributed by atoms with van der Waals surface area (Å²) in [6.45, 7) is 0. The number of ether oxygens (including phenoxy) is 1. The van der Waals surface area contributed by atoms with Crippen LogP contribution in [0.2, 0.25) is 0 Å². The number of rotatable bonds is 4. The van der Waals surface area contributed by atoms with Gasteiger partial charge in [0.05, 0.1) is 17.4 Å². The van der Waals surface area contributed by atoms with Crippen molar-refractivity contribution in [2.45, 2.75) is 43.1 Å². The summed E-state index contributed by atoms with van der Waals surface area (Å²) >= 11 is 6.58. The maximum atomic E-state index is 11.7. The van der Waals surface area contributed by atoms with Crippen LogP contribution < -0.4 is 4.90 Å². The SMILES string of the molecule is COC1(CC(Cl)c2ccc3c(c2)CC(=O)N3C)CCC1. The summed E-state index contributed by atoms with van der Waals surface area (Å²) in [5.41, 5.74) is 3.16. The molecular weight excluding hydrogens is 274 g/mol. The van der Waals surface area contributed by atoms with Gasteiger partial charge in [0.1, 0.15) is 0 Å². The van der Waals surface area contributed by atoms with E-state index in [4.69, 9.17) is 16.3 Å². The second-order valence-electron chi connectivity index (χ2n) is 5.93. The van der Waals surface area contributed by atoms with E-state index in [0.717, 1.165) is 36.1 Å². The number of hydrogen-bond acceptors (Lipinski definition) is 2. The van der Waals surface area contributed by atoms with Crippen LogP contribution in [0.3, 0.4) is 0 Å². The summed E-state index contributed by atoms with van der Waals surface area (Å²) in [5, 5.41) is -0.0541. The lowest BCUT2D eigenvalue weighted by Gasteiger charge is -2.41. The first-order chi connectivity index (χ1) is 9.54. The number of carbonyl (C=O) groups is 1. The zero-order valence-electron chi connectivity index (χ0n) is 12.0. The molecule has 0 bridgehead atoms. The number of alkyl halides is 1. The van der Waals surface area contributed by atoms with E-state index in [1.54, 1.807) is 12.0 Å². The number of fused-ring (bicyclic) bond motifs is 1. The van der Waals surface area contributed by atoms with Gasteiger partial charge in [-0.3, -0.25) is 4.79 Å². The molecule has 1 unspecified atom stereocenters. The van der Waals surface area contributed by atoms with Crippen molar-refractivity contribution in [3.63, 3.8) is 0 Å². The van der Waals surface area contributed by atoms with Gasteiger partial charge in [0.15, 0.2) is 0 Å². The van der Waals surface area contributed by atoms with Crippen molar-refractivity contribution in [3.8, 4) is 0 Å². The van der Waals surface area contributed by atoms with E-state index >= 15 is 0 Å². The number of methoxy groups -OCH3 is 1. The number of hydrogen-bond donors (Lipinski definition) is 0. The Bertz CT molecular complexity index is 534. The summed E-state index contributed by atoms with van der Waals surface area (Å²) in [5.74, 6) is 0.149. The second kappa shape index (κ2) is 5.05. The fourth-order valence-electron chi connectivity index (χ4n) is 3.19. The molecule has 1 atom stereocenters. The molecule has 3 rings (SSSR count). The minimum absolute atomic E-state index is 0.0297. The molecule has 0 spiro atoms. The predicted molar refractivity (Wildman–Crippen MR) is 80.4 cm³/mol. The highest BCUT2D eigenvalue weighted by atomic mass is 35.5. The lowest BCUT2D eigenvalue weighted by atomic mass is 9.76. The molecule has 0 aromatic heterocycles. The van der Waals surface area contributed by atoms with Crippen LogP contribution in [0.5, 0.6) is 0 Å². The number of anilines is 1. The van der Waals surface area contributed by atoms with E-state index < -0.39 is 0 Å². The normalized spacial score (nSPS) is 21.6. The molecule has 3 nitrogen and oxygen atoms in total. The Labute approximate surface area is 124 Å². The summed E-state index contributed by atoms with van der Waals surface area (Å²) in [7, 11) is 3.60. The first-order valence-electron chi connectivity index (χ1n) is 7.13. The smallest absolute Gasteiger partial charge is 0.231 e. The fraction of sp³-hybridized carbons (Fsp3) is 0.562. The molecule has 0 saturated heterocycles. The van der Waals surface area contributed by atoms with E-state index in [-0.39, 0.29) is 16.9 Å². The molecule has 1 aliphatic heterocycles. The van der Waals surface area contributed by atoms with Crippen molar-refractivity contribution in [1.29, 1.82) is 0 Å². The highest BCUT2D eigenvalue weighted by Crippen LogP contribution is 2.44. The van der Waals surface area contributed by atoms with Gasteiger partial charge in [-0.15, -0.1) is 11.6 Å². The largest absolute Gasteiger partial charge is 0.378 e. The van der Waals surface area contributed by atoms with Gasteiger partial charge in [0.2, 0.25) is 5.91 Å². The molecule has 0 N–H and O–H groups in total. The number of likely N-dealkylation sites (N-methyl/N-ethyl adjacent to an activating group) is 1. The number of nitrogens with zero attached hydrogens (tertiary/aromatic N) is 1. The monoisotopic (exact) mass is 293 g/mol. The van der Waals surface area contributed by atoms with E-state index in [0.29, 0.717) is 6.42 Å². The standard InChI is InChI=1S/C16H20ClNO2/c1-18-14-5-4-11(8-12(14)9-15(18)19)13(17)10-16(20-2)6-3-7-16/h4-5,8,13H,3,6-7,9-10H2,1-2H3. The third-order valence-corrected chi connectivity index (χ3v) is 5.20. The van der Waals surface area contributed by atoms with Gasteiger partial charge in [-0.25, -0.2) is 0 Å². The highest BCUT2D eigenvalue weighted by molar-refractivity contribution is 6.21. The predicted octanol–water partition coefficient (Wildman–Crippen LogP) is 3.44. The molecule has 108 valence electrons. The summed E-state index contributed by atoms with van der Waals surface area (Å²) in [6, 6.07) is 6.12. The number of carbonyl (C=O) groups excluding carboxylic acids is 1. The maximum Gasteiger partial charge on any atom is 0.231 e. The van der Waals surface area contributed by atoms with E-state index in [1.165, 1.54) is 6.42 Å². The van der Waals surface area contributed by atoms with Crippen LogP contribution in [0, 0.1) is 0 Å². The van der Waals surface area contributed by atoms with Crippen molar-refractivity contribution in [2.24, 2.45) is 0 Å². The average molecular weight is 294 g/mol. The molecule has 1 saturated carbocycles. The highest BCUT2D eigenvalue weighted by Gasteiger charge is 2.39. The van der Waals surface area contributed by atoms with Crippen LogP contribution in [0.25, 0.3) is 0 Å². The van der Waals surface area contributed by atoms with Crippen molar-refractivity contribution >= 4 is 23.2 Å². The van der Waals surface area contributed by atoms with Crippen molar-refractivity contribution < 1.29 is 9.53 Å². The zero-order valence-corrected chi connectivity index (χ0v) is 12.7. The first kappa shape index (κ1) is 13.9. The Balaban J connectivity index is 1.78. The Morgan fingerprint density at radius 2 is 2.20 bits per heavy atom. The van der Waals surface area contributed by atoms with Crippen LogP contribution in [0.15, 0.2) is 18.2 Å². The minimum Gasteiger partial charge on any atom is -0.378 e. The molecule has 4 heteroatoms. The Hall–Kier alpha value is -1.06. The topological polar surface area (TPSA) is 29.5 Å². The van der Waals surface area contributed by atoms with Gasteiger partial charge in [0.25, 0.3) is 0 Å². The summed E-state index contributed by atoms with van der Waals surface area (Å²) in [4.78, 5) is 13.4. The molecule has 20 heavy (non-hydrogen) atoms. The Morgan fingerprint density at radius 1 is 1.45 bits per heavy atom. The Morgan fingerprint density at radius 3 is 2.80 bits per heavy atom.